The van der Waals surface area contributed by atoms with Crippen molar-refractivity contribution in [2.24, 2.45) is 0 Å². The number of nitrogens with zero attached hydrogens (tertiary/aromatic N) is 1. The van der Waals surface area contributed by atoms with Gasteiger partial charge in [-0.2, -0.15) is 0 Å². The second-order valence-electron chi connectivity index (χ2n) is 7.48. The van der Waals surface area contributed by atoms with Gasteiger partial charge in [0.2, 0.25) is 0 Å². The van der Waals surface area contributed by atoms with Gasteiger partial charge in [0.25, 0.3) is 0 Å². The van der Waals surface area contributed by atoms with Gasteiger partial charge in [-0.25, -0.2) is 4.79 Å². The molecule has 0 amide bonds. The third kappa shape index (κ3) is 3.26. The Morgan fingerprint density at radius 3 is 2.57 bits per heavy atom. The van der Waals surface area contributed by atoms with Crippen molar-refractivity contribution < 1.29 is 19.1 Å². The van der Waals surface area contributed by atoms with Crippen molar-refractivity contribution in [3.8, 4) is 0 Å². The van der Waals surface area contributed by atoms with E-state index in [2.05, 4.69) is 10.6 Å². The number of esters is 2. The van der Waals surface area contributed by atoms with Gasteiger partial charge in [0.05, 0.1) is 18.2 Å². The van der Waals surface area contributed by atoms with Crippen LogP contribution >= 0.6 is 0 Å². The zero-order chi connectivity index (χ0) is 19.7. The zero-order valence-electron chi connectivity index (χ0n) is 16.4. The van der Waals surface area contributed by atoms with Crippen molar-refractivity contribution in [1.29, 1.82) is 0 Å². The highest BCUT2D eigenvalue weighted by atomic mass is 16.5. The Morgan fingerprint density at radius 1 is 1.07 bits per heavy atom. The molecular weight excluding hydrogens is 354 g/mol. The first-order chi connectivity index (χ1) is 13.6. The van der Waals surface area contributed by atoms with Crippen LogP contribution in [-0.4, -0.2) is 23.6 Å². The number of hydrogen-bond acceptors (Lipinski definition) is 4. The zero-order valence-corrected chi connectivity index (χ0v) is 16.4. The highest BCUT2D eigenvalue weighted by Gasteiger charge is 2.23. The van der Waals surface area contributed by atoms with Crippen molar-refractivity contribution in [3.63, 3.8) is 0 Å². The lowest BCUT2D eigenvalue weighted by atomic mass is 9.95. The largest absolute Gasteiger partial charge is 0.465 e. The molecule has 0 aliphatic heterocycles. The van der Waals surface area contributed by atoms with Gasteiger partial charge in [-0.15, -0.1) is 0 Å². The van der Waals surface area contributed by atoms with Crippen LogP contribution in [0.4, 0.5) is 0 Å². The molecule has 1 aliphatic rings. The minimum Gasteiger partial charge on any atom is -0.465 e. The molecule has 1 aliphatic carbocycles. The Morgan fingerprint density at radius 2 is 1.86 bits per heavy atom. The minimum atomic E-state index is -0.331. The molecule has 1 fully saturated rings. The Labute approximate surface area is 164 Å². The SMILES string of the molecule is COC(=O)c1ccc2c3c(COC(C)=O)cccc3n(C3CCCCC3)c2c1. The van der Waals surface area contributed by atoms with Crippen molar-refractivity contribution in [2.75, 3.05) is 7.11 Å². The molecule has 146 valence electrons. The molecule has 0 unspecified atom stereocenters. The summed E-state index contributed by atoms with van der Waals surface area (Å²) in [4.78, 5) is 23.5. The molecule has 0 bridgehead atoms. The fourth-order valence-electron chi connectivity index (χ4n) is 4.45. The van der Waals surface area contributed by atoms with E-state index in [1.807, 2.05) is 24.3 Å². The Kier molecular flexibility index (Phi) is 5.07. The number of rotatable bonds is 4. The van der Waals surface area contributed by atoms with Gasteiger partial charge in [-0.3, -0.25) is 4.79 Å². The van der Waals surface area contributed by atoms with Crippen LogP contribution in [0.5, 0.6) is 0 Å². The summed E-state index contributed by atoms with van der Waals surface area (Å²) in [5.74, 6) is -0.622. The van der Waals surface area contributed by atoms with Crippen molar-refractivity contribution in [1.82, 2.24) is 4.57 Å². The van der Waals surface area contributed by atoms with Gasteiger partial charge >= 0.3 is 11.9 Å². The van der Waals surface area contributed by atoms with Crippen LogP contribution in [0, 0.1) is 0 Å². The van der Waals surface area contributed by atoms with E-state index in [1.54, 1.807) is 6.07 Å². The van der Waals surface area contributed by atoms with E-state index in [9.17, 15) is 9.59 Å². The average molecular weight is 379 g/mol. The number of benzene rings is 2. The smallest absolute Gasteiger partial charge is 0.337 e. The molecule has 3 aromatic rings. The molecule has 5 nitrogen and oxygen atoms in total. The topological polar surface area (TPSA) is 57.5 Å². The second kappa shape index (κ2) is 7.66. The fraction of sp³-hybridized carbons (Fsp3) is 0.391. The van der Waals surface area contributed by atoms with Crippen LogP contribution in [0.2, 0.25) is 0 Å². The predicted octanol–water partition coefficient (Wildman–Crippen LogP) is 5.15. The van der Waals surface area contributed by atoms with Crippen LogP contribution < -0.4 is 0 Å². The maximum atomic E-state index is 12.1. The van der Waals surface area contributed by atoms with E-state index in [1.165, 1.54) is 33.3 Å². The van der Waals surface area contributed by atoms with E-state index >= 15 is 0 Å². The molecule has 0 spiro atoms. The van der Waals surface area contributed by atoms with Crippen LogP contribution in [0.15, 0.2) is 36.4 Å². The fourth-order valence-corrected chi connectivity index (χ4v) is 4.45. The first kappa shape index (κ1) is 18.5. The van der Waals surface area contributed by atoms with Crippen LogP contribution in [0.25, 0.3) is 21.8 Å². The van der Waals surface area contributed by atoms with Crippen molar-refractivity contribution in [3.05, 3.63) is 47.5 Å². The first-order valence-corrected chi connectivity index (χ1v) is 9.87. The molecule has 5 heteroatoms. The maximum Gasteiger partial charge on any atom is 0.337 e. The number of carbonyl (C=O) groups excluding carboxylic acids is 2. The molecule has 0 atom stereocenters. The molecule has 1 saturated carbocycles. The highest BCUT2D eigenvalue weighted by molar-refractivity contribution is 6.11. The third-order valence-corrected chi connectivity index (χ3v) is 5.71. The monoisotopic (exact) mass is 379 g/mol. The summed E-state index contributed by atoms with van der Waals surface area (Å²) in [7, 11) is 1.40. The third-order valence-electron chi connectivity index (χ3n) is 5.71. The summed E-state index contributed by atoms with van der Waals surface area (Å²) in [6.07, 6.45) is 5.98. The molecule has 0 N–H and O–H groups in total. The summed E-state index contributed by atoms with van der Waals surface area (Å²) < 4.78 is 12.6. The average Bonchev–Trinajstić information content (AvgIpc) is 3.06. The molecule has 1 heterocycles. The van der Waals surface area contributed by atoms with E-state index in [0.29, 0.717) is 11.6 Å². The molecule has 0 radical (unpaired) electrons. The van der Waals surface area contributed by atoms with Gasteiger partial charge in [-0.1, -0.05) is 37.5 Å². The van der Waals surface area contributed by atoms with E-state index in [0.717, 1.165) is 40.2 Å². The Hall–Kier alpha value is -2.82. The van der Waals surface area contributed by atoms with Gasteiger partial charge in [-0.05, 0) is 36.6 Å². The molecule has 2 aromatic carbocycles. The summed E-state index contributed by atoms with van der Waals surface area (Å²) in [5.41, 5.74) is 3.71. The Balaban J connectivity index is 1.97. The lowest BCUT2D eigenvalue weighted by molar-refractivity contribution is -0.142. The Bertz CT molecular complexity index is 1040. The summed E-state index contributed by atoms with van der Waals surface area (Å²) >= 11 is 0. The second-order valence-corrected chi connectivity index (χ2v) is 7.48. The summed E-state index contributed by atoms with van der Waals surface area (Å²) in [5, 5.41) is 2.18. The normalized spacial score (nSPS) is 15.1. The quantitative estimate of drug-likeness (QED) is 0.588. The van der Waals surface area contributed by atoms with Crippen LogP contribution in [-0.2, 0) is 20.9 Å². The maximum absolute atomic E-state index is 12.1. The molecule has 4 rings (SSSR count). The summed E-state index contributed by atoms with van der Waals surface area (Å²) in [6.45, 7) is 1.67. The molecule has 0 saturated heterocycles. The number of carbonyl (C=O) groups is 2. The lowest BCUT2D eigenvalue weighted by Gasteiger charge is -2.25. The highest BCUT2D eigenvalue weighted by Crippen LogP contribution is 2.39. The van der Waals surface area contributed by atoms with Crippen molar-refractivity contribution >= 4 is 33.7 Å². The molecule has 1 aromatic heterocycles. The number of fused-ring (bicyclic) bond motifs is 3. The van der Waals surface area contributed by atoms with E-state index in [4.69, 9.17) is 9.47 Å². The predicted molar refractivity (Wildman–Crippen MR) is 108 cm³/mol. The van der Waals surface area contributed by atoms with Gasteiger partial charge in [0.15, 0.2) is 0 Å². The first-order valence-electron chi connectivity index (χ1n) is 9.87. The van der Waals surface area contributed by atoms with Gasteiger partial charge in [0, 0.05) is 29.3 Å². The van der Waals surface area contributed by atoms with Crippen LogP contribution in [0.3, 0.4) is 0 Å². The minimum absolute atomic E-state index is 0.245. The van der Waals surface area contributed by atoms with Crippen LogP contribution in [0.1, 0.15) is 61.0 Å². The van der Waals surface area contributed by atoms with Gasteiger partial charge < -0.3 is 14.0 Å². The molecular formula is C23H25NO4. The van der Waals surface area contributed by atoms with Crippen molar-refractivity contribution in [2.45, 2.75) is 51.7 Å². The molecule has 28 heavy (non-hydrogen) atoms. The standard InChI is InChI=1S/C23H25NO4/c1-15(25)28-14-17-7-6-10-20-22(17)19-12-11-16(23(26)27-2)13-21(19)24(20)18-8-4-3-5-9-18/h6-7,10-13,18H,3-5,8-9,14H2,1-2H3. The van der Waals surface area contributed by atoms with E-state index in [-0.39, 0.29) is 18.5 Å². The van der Waals surface area contributed by atoms with Gasteiger partial charge in [0.1, 0.15) is 6.61 Å². The lowest BCUT2D eigenvalue weighted by Crippen LogP contribution is -2.13. The number of methoxy groups -OCH3 is 1. The number of ether oxygens (including phenoxy) is 2. The summed E-state index contributed by atoms with van der Waals surface area (Å²) in [6, 6.07) is 12.3. The van der Waals surface area contributed by atoms with E-state index < -0.39 is 0 Å². The number of aromatic nitrogens is 1. The number of hydrogen-bond donors (Lipinski definition) is 0.